The first kappa shape index (κ1) is 22.0. The van der Waals surface area contributed by atoms with Gasteiger partial charge in [-0.15, -0.1) is 10.2 Å². The highest BCUT2D eigenvalue weighted by Crippen LogP contribution is 2.37. The summed E-state index contributed by atoms with van der Waals surface area (Å²) in [5.74, 6) is 0.772. The number of carbonyl (C=O) groups is 2. The van der Waals surface area contributed by atoms with Gasteiger partial charge in [0.05, 0.1) is 24.0 Å². The number of carbonyl (C=O) groups excluding carboxylic acids is 2. The number of hydrogen-bond donors (Lipinski definition) is 3. The molecule has 0 radical (unpaired) electrons. The van der Waals surface area contributed by atoms with E-state index in [0.717, 1.165) is 6.42 Å². The van der Waals surface area contributed by atoms with Crippen molar-refractivity contribution in [2.45, 2.75) is 19.4 Å². The van der Waals surface area contributed by atoms with Gasteiger partial charge in [0.15, 0.2) is 23.1 Å². The summed E-state index contributed by atoms with van der Waals surface area (Å²) in [6, 6.07) is 6.92. The third kappa shape index (κ3) is 4.40. The van der Waals surface area contributed by atoms with Gasteiger partial charge in [-0.25, -0.2) is 9.78 Å². The summed E-state index contributed by atoms with van der Waals surface area (Å²) < 4.78 is 7.23. The van der Waals surface area contributed by atoms with Crippen LogP contribution < -0.4 is 20.7 Å². The van der Waals surface area contributed by atoms with Gasteiger partial charge in [0.2, 0.25) is 0 Å². The number of aryl methyl sites for hydroxylation is 1. The molecule has 172 valence electrons. The number of rotatable bonds is 6. The minimum absolute atomic E-state index is 0.0660. The van der Waals surface area contributed by atoms with E-state index in [9.17, 15) is 9.59 Å². The minimum Gasteiger partial charge on any atom is -0.494 e. The van der Waals surface area contributed by atoms with Crippen molar-refractivity contribution in [3.63, 3.8) is 0 Å². The van der Waals surface area contributed by atoms with Gasteiger partial charge < -0.3 is 20.3 Å². The number of nitrogens with one attached hydrogen (secondary N) is 3. The van der Waals surface area contributed by atoms with Gasteiger partial charge in [-0.3, -0.25) is 14.8 Å². The SMILES string of the molecule is CNC(=O)c1nnc(NC(=O)N2CCC2C)cc1Nc1cccc(-c2ncn(C)n2)c1OC. The Balaban J connectivity index is 1.68. The third-order valence-corrected chi connectivity index (χ3v) is 5.38. The lowest BCUT2D eigenvalue weighted by molar-refractivity contribution is 0.0958. The third-order valence-electron chi connectivity index (χ3n) is 5.38. The van der Waals surface area contributed by atoms with E-state index in [1.165, 1.54) is 14.2 Å². The Morgan fingerprint density at radius 2 is 2.03 bits per heavy atom. The molecule has 33 heavy (non-hydrogen) atoms. The van der Waals surface area contributed by atoms with Crippen molar-refractivity contribution in [3.8, 4) is 17.1 Å². The van der Waals surface area contributed by atoms with Gasteiger partial charge in [0.1, 0.15) is 6.33 Å². The van der Waals surface area contributed by atoms with Gasteiger partial charge in [0, 0.05) is 32.7 Å². The van der Waals surface area contributed by atoms with Crippen LogP contribution in [0.15, 0.2) is 30.6 Å². The maximum absolute atomic E-state index is 12.5. The lowest BCUT2D eigenvalue weighted by Crippen LogP contribution is -2.51. The Morgan fingerprint density at radius 3 is 2.64 bits per heavy atom. The summed E-state index contributed by atoms with van der Waals surface area (Å²) in [5, 5.41) is 20.9. The summed E-state index contributed by atoms with van der Waals surface area (Å²) in [6.07, 6.45) is 2.56. The second-order valence-corrected chi connectivity index (χ2v) is 7.59. The van der Waals surface area contributed by atoms with Crippen molar-refractivity contribution in [3.05, 3.63) is 36.3 Å². The molecule has 0 spiro atoms. The molecule has 4 rings (SSSR count). The summed E-state index contributed by atoms with van der Waals surface area (Å²) in [7, 11) is 4.82. The molecule has 1 fully saturated rings. The molecule has 0 bridgehead atoms. The average Bonchev–Trinajstić information content (AvgIpc) is 3.23. The van der Waals surface area contributed by atoms with E-state index in [1.807, 2.05) is 19.1 Å². The van der Waals surface area contributed by atoms with Crippen LogP contribution in [0.25, 0.3) is 11.4 Å². The van der Waals surface area contributed by atoms with Crippen LogP contribution in [0.4, 0.5) is 22.0 Å². The highest BCUT2D eigenvalue weighted by atomic mass is 16.5. The topological polar surface area (TPSA) is 139 Å². The summed E-state index contributed by atoms with van der Waals surface area (Å²) >= 11 is 0. The van der Waals surface area contributed by atoms with Crippen LogP contribution in [0.5, 0.6) is 5.75 Å². The largest absolute Gasteiger partial charge is 0.494 e. The molecule has 1 aliphatic rings. The molecule has 0 aliphatic carbocycles. The van der Waals surface area contributed by atoms with Gasteiger partial charge >= 0.3 is 6.03 Å². The maximum Gasteiger partial charge on any atom is 0.323 e. The van der Waals surface area contributed by atoms with E-state index >= 15 is 0 Å². The summed E-state index contributed by atoms with van der Waals surface area (Å²) in [6.45, 7) is 2.67. The van der Waals surface area contributed by atoms with Gasteiger partial charge in [-0.2, -0.15) is 5.10 Å². The Hall–Kier alpha value is -4.22. The molecule has 3 aromatic rings. The van der Waals surface area contributed by atoms with Gasteiger partial charge in [-0.1, -0.05) is 6.07 Å². The number of aromatic nitrogens is 5. The number of benzene rings is 1. The Kier molecular flexibility index (Phi) is 6.07. The van der Waals surface area contributed by atoms with Crippen molar-refractivity contribution in [2.24, 2.45) is 7.05 Å². The number of amides is 3. The lowest BCUT2D eigenvalue weighted by Gasteiger charge is -2.38. The number of likely N-dealkylation sites (tertiary alicyclic amines) is 1. The smallest absolute Gasteiger partial charge is 0.323 e. The van der Waals surface area contributed by atoms with Crippen LogP contribution in [0.3, 0.4) is 0 Å². The predicted molar refractivity (Wildman–Crippen MR) is 121 cm³/mol. The normalized spacial score (nSPS) is 14.9. The molecule has 1 saturated heterocycles. The number of nitrogens with zero attached hydrogens (tertiary/aromatic N) is 6. The van der Waals surface area contributed by atoms with E-state index in [4.69, 9.17) is 4.74 Å². The van der Waals surface area contributed by atoms with Crippen LogP contribution in [-0.2, 0) is 7.05 Å². The van der Waals surface area contributed by atoms with Crippen LogP contribution >= 0.6 is 0 Å². The average molecular weight is 451 g/mol. The van der Waals surface area contributed by atoms with Crippen LogP contribution in [0.1, 0.15) is 23.8 Å². The molecule has 1 unspecified atom stereocenters. The van der Waals surface area contributed by atoms with E-state index < -0.39 is 5.91 Å². The van der Waals surface area contributed by atoms with Crippen LogP contribution in [-0.4, -0.2) is 68.5 Å². The first-order valence-corrected chi connectivity index (χ1v) is 10.4. The molecule has 2 aromatic heterocycles. The fourth-order valence-corrected chi connectivity index (χ4v) is 3.47. The van der Waals surface area contributed by atoms with Crippen molar-refractivity contribution in [2.75, 3.05) is 31.3 Å². The van der Waals surface area contributed by atoms with Gasteiger partial charge in [-0.05, 0) is 25.5 Å². The minimum atomic E-state index is -0.430. The lowest BCUT2D eigenvalue weighted by atomic mass is 10.1. The first-order valence-electron chi connectivity index (χ1n) is 10.4. The zero-order valence-electron chi connectivity index (χ0n) is 18.8. The number of hydrogen-bond acceptors (Lipinski definition) is 8. The van der Waals surface area contributed by atoms with Crippen molar-refractivity contribution in [1.29, 1.82) is 0 Å². The number of anilines is 3. The van der Waals surface area contributed by atoms with E-state index in [2.05, 4.69) is 36.2 Å². The quantitative estimate of drug-likeness (QED) is 0.517. The fourth-order valence-electron chi connectivity index (χ4n) is 3.47. The Labute approximate surface area is 190 Å². The molecule has 0 saturated carbocycles. The predicted octanol–water partition coefficient (Wildman–Crippen LogP) is 2.01. The molecular formula is C21H25N9O3. The molecule has 3 heterocycles. The highest BCUT2D eigenvalue weighted by Gasteiger charge is 2.29. The van der Waals surface area contributed by atoms with E-state index in [0.29, 0.717) is 35.1 Å². The first-order chi connectivity index (χ1) is 15.9. The molecule has 1 aromatic carbocycles. The molecule has 12 heteroatoms. The zero-order valence-corrected chi connectivity index (χ0v) is 18.8. The molecule has 1 aliphatic heterocycles. The number of urea groups is 1. The molecule has 12 nitrogen and oxygen atoms in total. The Morgan fingerprint density at radius 1 is 1.21 bits per heavy atom. The number of para-hydroxylation sites is 1. The van der Waals surface area contributed by atoms with Crippen molar-refractivity contribution < 1.29 is 14.3 Å². The van der Waals surface area contributed by atoms with Crippen molar-refractivity contribution in [1.82, 2.24) is 35.2 Å². The van der Waals surface area contributed by atoms with E-state index in [-0.39, 0.29) is 23.6 Å². The second-order valence-electron chi connectivity index (χ2n) is 7.59. The highest BCUT2D eigenvalue weighted by molar-refractivity contribution is 5.99. The zero-order chi connectivity index (χ0) is 23.5. The van der Waals surface area contributed by atoms with Crippen LogP contribution in [0.2, 0.25) is 0 Å². The fraction of sp³-hybridized carbons (Fsp3) is 0.333. The monoisotopic (exact) mass is 451 g/mol. The van der Waals surface area contributed by atoms with Crippen LogP contribution in [0, 0.1) is 0 Å². The molecular weight excluding hydrogens is 426 g/mol. The number of methoxy groups -OCH3 is 1. The molecule has 3 N–H and O–H groups in total. The second kappa shape index (κ2) is 9.10. The maximum atomic E-state index is 12.5. The molecule has 1 atom stereocenters. The standard InChI is InChI=1S/C21H25N9O3/c1-12-8-9-30(12)21(32)25-16-10-15(17(27-26-16)20(31)22-2)24-14-7-5-6-13(18(14)33-4)19-23-11-29(3)28-19/h5-7,10-12H,8-9H2,1-4H3,(H,22,31)(H2,24,25,26,32). The summed E-state index contributed by atoms with van der Waals surface area (Å²) in [5.41, 5.74) is 1.65. The van der Waals surface area contributed by atoms with E-state index in [1.54, 1.807) is 35.1 Å². The van der Waals surface area contributed by atoms with Crippen molar-refractivity contribution >= 4 is 29.1 Å². The summed E-state index contributed by atoms with van der Waals surface area (Å²) in [4.78, 5) is 30.9. The molecule has 3 amide bonds. The Bertz CT molecular complexity index is 1190. The number of ether oxygens (including phenoxy) is 1. The van der Waals surface area contributed by atoms with Gasteiger partial charge in [0.25, 0.3) is 5.91 Å².